The van der Waals surface area contributed by atoms with E-state index >= 15 is 0 Å². The minimum atomic E-state index is -3.98. The molecule has 5 aromatic rings. The molecule has 4 aromatic carbocycles. The fraction of sp³-hybridized carbons (Fsp3) is 0.161. The quantitative estimate of drug-likeness (QED) is 0.113. The van der Waals surface area contributed by atoms with Crippen LogP contribution in [-0.2, 0) is 23.1 Å². The highest BCUT2D eigenvalue weighted by Gasteiger charge is 2.18. The van der Waals surface area contributed by atoms with Crippen LogP contribution in [0.3, 0.4) is 0 Å². The summed E-state index contributed by atoms with van der Waals surface area (Å²) in [6, 6.07) is 27.9. The number of hydrogen-bond acceptors (Lipinski definition) is 6. The molecule has 0 bridgehead atoms. The van der Waals surface area contributed by atoms with Crippen LogP contribution < -0.4 is 8.92 Å². The third-order valence-corrected chi connectivity index (χ3v) is 7.74. The van der Waals surface area contributed by atoms with Crippen molar-refractivity contribution in [3.8, 4) is 22.6 Å². The van der Waals surface area contributed by atoms with Crippen molar-refractivity contribution in [3.63, 3.8) is 0 Å². The van der Waals surface area contributed by atoms with Gasteiger partial charge in [0.05, 0.1) is 11.0 Å². The van der Waals surface area contributed by atoms with Gasteiger partial charge in [-0.25, -0.2) is 9.78 Å². The van der Waals surface area contributed by atoms with Gasteiger partial charge in [-0.15, -0.1) is 0 Å². The predicted molar refractivity (Wildman–Crippen MR) is 152 cm³/mol. The van der Waals surface area contributed by atoms with E-state index in [1.807, 2.05) is 36.4 Å². The van der Waals surface area contributed by atoms with E-state index in [1.165, 1.54) is 12.1 Å². The van der Waals surface area contributed by atoms with E-state index in [0.717, 1.165) is 47.2 Å². The molecule has 9 heteroatoms. The van der Waals surface area contributed by atoms with Crippen molar-refractivity contribution in [1.82, 2.24) is 9.55 Å². The standard InChI is InChI=1S/C31H28N2O6S/c1-2-3-13-30-32-27-19-18-24(39-40(36,37)25-9-5-4-6-10-25)20-28(27)33(30)21-22-14-16-23(17-15-22)26-11-7-8-12-29(26)38-31(34)35/h4-12,14-20H,2-3,13,21H2,1H3,(H,34,35). The zero-order valence-corrected chi connectivity index (χ0v) is 22.7. The SMILES string of the molecule is CCCCc1nc2ccc(OS(=O)(=O)c3ccccc3)cc2n1Cc1ccc(-c2ccccc2OC(=O)O)cc1. The average Bonchev–Trinajstić information content (AvgIpc) is 3.29. The number of benzene rings is 4. The molecule has 0 radical (unpaired) electrons. The van der Waals surface area contributed by atoms with Crippen LogP contribution in [0.4, 0.5) is 4.79 Å². The lowest BCUT2D eigenvalue weighted by molar-refractivity contribution is 0.144. The van der Waals surface area contributed by atoms with E-state index in [4.69, 9.17) is 19.0 Å². The number of unbranched alkanes of at least 4 members (excludes halogenated alkanes) is 1. The number of imidazole rings is 1. The van der Waals surface area contributed by atoms with E-state index in [2.05, 4.69) is 11.5 Å². The summed E-state index contributed by atoms with van der Waals surface area (Å²) >= 11 is 0. The Bertz CT molecular complexity index is 1750. The van der Waals surface area contributed by atoms with Crippen LogP contribution in [0.15, 0.2) is 102 Å². The first-order chi connectivity index (χ1) is 19.3. The van der Waals surface area contributed by atoms with Crippen molar-refractivity contribution >= 4 is 27.3 Å². The minimum Gasteiger partial charge on any atom is -0.449 e. The summed E-state index contributed by atoms with van der Waals surface area (Å²) in [7, 11) is -3.98. The van der Waals surface area contributed by atoms with Crippen LogP contribution in [0.5, 0.6) is 11.5 Å². The van der Waals surface area contributed by atoms with Gasteiger partial charge in [0, 0.05) is 24.6 Å². The third kappa shape index (κ3) is 6.00. The van der Waals surface area contributed by atoms with Crippen LogP contribution in [0.25, 0.3) is 22.2 Å². The van der Waals surface area contributed by atoms with E-state index in [1.54, 1.807) is 48.5 Å². The van der Waals surface area contributed by atoms with E-state index in [0.29, 0.717) is 12.1 Å². The van der Waals surface area contributed by atoms with Crippen LogP contribution >= 0.6 is 0 Å². The van der Waals surface area contributed by atoms with Gasteiger partial charge >= 0.3 is 16.3 Å². The summed E-state index contributed by atoms with van der Waals surface area (Å²) in [5.74, 6) is 1.39. The summed E-state index contributed by atoms with van der Waals surface area (Å²) < 4.78 is 38.1. The van der Waals surface area contributed by atoms with Crippen molar-refractivity contribution in [2.45, 2.75) is 37.6 Å². The van der Waals surface area contributed by atoms with Crippen molar-refractivity contribution in [2.24, 2.45) is 0 Å². The maximum Gasteiger partial charge on any atom is 0.511 e. The van der Waals surface area contributed by atoms with Gasteiger partial charge in [-0.2, -0.15) is 8.42 Å². The highest BCUT2D eigenvalue weighted by Crippen LogP contribution is 2.31. The van der Waals surface area contributed by atoms with Crippen molar-refractivity contribution in [1.29, 1.82) is 0 Å². The Balaban J connectivity index is 1.46. The molecule has 0 aliphatic heterocycles. The number of fused-ring (bicyclic) bond motifs is 1. The molecular weight excluding hydrogens is 528 g/mol. The fourth-order valence-electron chi connectivity index (χ4n) is 4.53. The van der Waals surface area contributed by atoms with Crippen LogP contribution in [0, 0.1) is 0 Å². The summed E-state index contributed by atoms with van der Waals surface area (Å²) in [5, 5.41) is 9.07. The molecule has 40 heavy (non-hydrogen) atoms. The molecular formula is C31H28N2O6S. The van der Waals surface area contributed by atoms with Crippen LogP contribution in [-0.4, -0.2) is 29.2 Å². The number of carbonyl (C=O) groups is 1. The summed E-state index contributed by atoms with van der Waals surface area (Å²) in [5.41, 5.74) is 4.03. The largest absolute Gasteiger partial charge is 0.511 e. The number of ether oxygens (including phenoxy) is 1. The van der Waals surface area contributed by atoms with Gasteiger partial charge in [0.25, 0.3) is 0 Å². The Labute approximate surface area is 232 Å². The third-order valence-electron chi connectivity index (χ3n) is 6.48. The molecule has 0 aliphatic rings. The highest BCUT2D eigenvalue weighted by molar-refractivity contribution is 7.87. The molecule has 0 unspecified atom stereocenters. The van der Waals surface area contributed by atoms with E-state index in [9.17, 15) is 13.2 Å². The number of para-hydroxylation sites is 1. The normalized spacial score (nSPS) is 11.4. The lowest BCUT2D eigenvalue weighted by Gasteiger charge is -2.12. The summed E-state index contributed by atoms with van der Waals surface area (Å²) in [4.78, 5) is 16.0. The Morgan fingerprint density at radius 2 is 1.65 bits per heavy atom. The number of aryl methyl sites for hydroxylation is 1. The number of carboxylic acid groups (broad SMARTS) is 1. The molecule has 0 aliphatic carbocycles. The second kappa shape index (κ2) is 11.6. The summed E-state index contributed by atoms with van der Waals surface area (Å²) in [6.45, 7) is 2.63. The average molecular weight is 557 g/mol. The lowest BCUT2D eigenvalue weighted by atomic mass is 10.0. The molecule has 1 heterocycles. The lowest BCUT2D eigenvalue weighted by Crippen LogP contribution is -2.10. The molecule has 0 amide bonds. The Kier molecular flexibility index (Phi) is 7.84. The van der Waals surface area contributed by atoms with E-state index in [-0.39, 0.29) is 16.4 Å². The van der Waals surface area contributed by atoms with Crippen molar-refractivity contribution in [3.05, 3.63) is 108 Å². The van der Waals surface area contributed by atoms with Crippen LogP contribution in [0.2, 0.25) is 0 Å². The molecule has 1 aromatic heterocycles. The van der Waals surface area contributed by atoms with Gasteiger partial charge in [-0.3, -0.25) is 0 Å². The minimum absolute atomic E-state index is 0.0858. The van der Waals surface area contributed by atoms with Gasteiger partial charge < -0.3 is 18.6 Å². The number of hydrogen-bond donors (Lipinski definition) is 1. The molecule has 1 N–H and O–H groups in total. The molecule has 204 valence electrons. The van der Waals surface area contributed by atoms with Gasteiger partial charge in [0.1, 0.15) is 22.2 Å². The number of nitrogens with zero attached hydrogens (tertiary/aromatic N) is 2. The van der Waals surface area contributed by atoms with Crippen LogP contribution in [0.1, 0.15) is 31.2 Å². The van der Waals surface area contributed by atoms with Gasteiger partial charge in [0.2, 0.25) is 0 Å². The Hall–Kier alpha value is -4.63. The predicted octanol–water partition coefficient (Wildman–Crippen LogP) is 6.92. The highest BCUT2D eigenvalue weighted by atomic mass is 32.2. The molecule has 5 rings (SSSR count). The zero-order chi connectivity index (χ0) is 28.1. The van der Waals surface area contributed by atoms with E-state index < -0.39 is 16.3 Å². The number of rotatable bonds is 10. The fourth-order valence-corrected chi connectivity index (χ4v) is 5.47. The van der Waals surface area contributed by atoms with Crippen molar-refractivity contribution in [2.75, 3.05) is 0 Å². The zero-order valence-electron chi connectivity index (χ0n) is 21.9. The van der Waals surface area contributed by atoms with Gasteiger partial charge in [-0.05, 0) is 47.9 Å². The summed E-state index contributed by atoms with van der Waals surface area (Å²) in [6.07, 6.45) is 1.39. The van der Waals surface area contributed by atoms with Crippen molar-refractivity contribution < 1.29 is 27.2 Å². The maximum atomic E-state index is 12.8. The molecule has 0 saturated heterocycles. The maximum absolute atomic E-state index is 12.8. The molecule has 0 fully saturated rings. The second-order valence-electron chi connectivity index (χ2n) is 9.28. The monoisotopic (exact) mass is 556 g/mol. The molecule has 0 saturated carbocycles. The first kappa shape index (κ1) is 27.0. The molecule has 0 spiro atoms. The first-order valence-electron chi connectivity index (χ1n) is 12.9. The Morgan fingerprint density at radius 3 is 2.38 bits per heavy atom. The number of aromatic nitrogens is 2. The van der Waals surface area contributed by atoms with Gasteiger partial charge in [0.15, 0.2) is 0 Å². The second-order valence-corrected chi connectivity index (χ2v) is 10.8. The smallest absolute Gasteiger partial charge is 0.449 e. The van der Waals surface area contributed by atoms with Gasteiger partial charge in [-0.1, -0.05) is 74.0 Å². The molecule has 0 atom stereocenters. The topological polar surface area (TPSA) is 108 Å². The Morgan fingerprint density at radius 1 is 0.925 bits per heavy atom. The molecule has 8 nitrogen and oxygen atoms in total. The first-order valence-corrected chi connectivity index (χ1v) is 14.3.